The van der Waals surface area contributed by atoms with Gasteiger partial charge in [-0.05, 0) is 42.2 Å². The minimum absolute atomic E-state index is 0.0503. The molecule has 0 spiro atoms. The standard InChI is InChI=1S/C19H25NO3/c1-12(2)13-5-7-14(8-6-13)16-11-17(16)19(23)20-9-3-4-15(20)10-18(21)22/h5-8,12,15-17H,3-4,9-11H2,1-2H3,(H,21,22). The highest BCUT2D eigenvalue weighted by Crippen LogP contribution is 2.49. The molecule has 1 aromatic rings. The number of carbonyl (C=O) groups is 2. The Kier molecular flexibility index (Phi) is 4.42. The summed E-state index contributed by atoms with van der Waals surface area (Å²) in [7, 11) is 0. The number of rotatable bonds is 5. The largest absolute Gasteiger partial charge is 0.481 e. The minimum Gasteiger partial charge on any atom is -0.481 e. The number of hydrogen-bond donors (Lipinski definition) is 1. The van der Waals surface area contributed by atoms with E-state index < -0.39 is 5.97 Å². The second-order valence-electron chi connectivity index (χ2n) is 7.20. The van der Waals surface area contributed by atoms with Crippen LogP contribution in [-0.2, 0) is 9.59 Å². The zero-order valence-electron chi connectivity index (χ0n) is 13.9. The maximum Gasteiger partial charge on any atom is 0.305 e. The maximum atomic E-state index is 12.7. The smallest absolute Gasteiger partial charge is 0.305 e. The van der Waals surface area contributed by atoms with Gasteiger partial charge in [-0.15, -0.1) is 0 Å². The summed E-state index contributed by atoms with van der Waals surface area (Å²) in [6, 6.07) is 8.49. The fraction of sp³-hybridized carbons (Fsp3) is 0.579. The van der Waals surface area contributed by atoms with Gasteiger partial charge in [-0.1, -0.05) is 38.1 Å². The molecule has 124 valence electrons. The van der Waals surface area contributed by atoms with Gasteiger partial charge in [0.15, 0.2) is 0 Å². The molecule has 1 aromatic carbocycles. The van der Waals surface area contributed by atoms with E-state index in [1.165, 1.54) is 11.1 Å². The van der Waals surface area contributed by atoms with Crippen LogP contribution in [0, 0.1) is 5.92 Å². The van der Waals surface area contributed by atoms with Gasteiger partial charge in [0.2, 0.25) is 5.91 Å². The molecule has 0 bridgehead atoms. The summed E-state index contributed by atoms with van der Waals surface area (Å²) in [4.78, 5) is 25.5. The monoisotopic (exact) mass is 315 g/mol. The lowest BCUT2D eigenvalue weighted by Gasteiger charge is -2.23. The van der Waals surface area contributed by atoms with Crippen molar-refractivity contribution in [2.24, 2.45) is 5.92 Å². The second kappa shape index (κ2) is 6.34. The molecule has 1 amide bonds. The summed E-state index contributed by atoms with van der Waals surface area (Å²) < 4.78 is 0. The van der Waals surface area contributed by atoms with Crippen LogP contribution in [0.15, 0.2) is 24.3 Å². The van der Waals surface area contributed by atoms with Gasteiger partial charge in [-0.3, -0.25) is 9.59 Å². The number of benzene rings is 1. The molecule has 3 atom stereocenters. The summed E-state index contributed by atoms with van der Waals surface area (Å²) in [6.45, 7) is 5.06. The van der Waals surface area contributed by atoms with Gasteiger partial charge in [0, 0.05) is 18.5 Å². The third-order valence-corrected chi connectivity index (χ3v) is 5.21. The Hall–Kier alpha value is -1.84. The molecule has 23 heavy (non-hydrogen) atoms. The Balaban J connectivity index is 1.63. The van der Waals surface area contributed by atoms with Crippen molar-refractivity contribution < 1.29 is 14.7 Å². The Labute approximate surface area is 137 Å². The minimum atomic E-state index is -0.814. The highest BCUT2D eigenvalue weighted by molar-refractivity contribution is 5.84. The fourth-order valence-corrected chi connectivity index (χ4v) is 3.72. The second-order valence-corrected chi connectivity index (χ2v) is 7.20. The number of nitrogens with zero attached hydrogens (tertiary/aromatic N) is 1. The SMILES string of the molecule is CC(C)c1ccc(C2CC2C(=O)N2CCCC2CC(=O)O)cc1. The van der Waals surface area contributed by atoms with Crippen LogP contribution in [0.5, 0.6) is 0 Å². The van der Waals surface area contributed by atoms with Crippen LogP contribution in [0.25, 0.3) is 0 Å². The first-order chi connectivity index (χ1) is 11.0. The summed E-state index contributed by atoms with van der Waals surface area (Å²) in [5.41, 5.74) is 2.56. The number of carboxylic acid groups (broad SMARTS) is 1. The first-order valence-electron chi connectivity index (χ1n) is 8.59. The Morgan fingerprint density at radius 1 is 1.26 bits per heavy atom. The van der Waals surface area contributed by atoms with Gasteiger partial charge < -0.3 is 10.0 Å². The Bertz CT molecular complexity index is 593. The molecule has 3 unspecified atom stereocenters. The zero-order chi connectivity index (χ0) is 16.6. The van der Waals surface area contributed by atoms with E-state index in [9.17, 15) is 9.59 Å². The van der Waals surface area contributed by atoms with Crippen molar-refractivity contribution >= 4 is 11.9 Å². The van der Waals surface area contributed by atoms with Gasteiger partial charge in [0.25, 0.3) is 0 Å². The lowest BCUT2D eigenvalue weighted by molar-refractivity contribution is -0.140. The quantitative estimate of drug-likeness (QED) is 0.906. The molecule has 2 fully saturated rings. The van der Waals surface area contributed by atoms with Crippen LogP contribution >= 0.6 is 0 Å². The molecule has 1 aliphatic heterocycles. The molecular weight excluding hydrogens is 290 g/mol. The number of hydrogen-bond acceptors (Lipinski definition) is 2. The van der Waals surface area contributed by atoms with Crippen molar-refractivity contribution in [1.29, 1.82) is 0 Å². The molecule has 1 saturated carbocycles. The molecule has 4 nitrogen and oxygen atoms in total. The molecule has 1 saturated heterocycles. The summed E-state index contributed by atoms with van der Waals surface area (Å²) in [6.07, 6.45) is 2.71. The molecule has 3 rings (SSSR count). The number of amides is 1. The average molecular weight is 315 g/mol. The van der Waals surface area contributed by atoms with E-state index in [1.807, 2.05) is 4.90 Å². The molecule has 1 aliphatic carbocycles. The molecule has 2 aliphatic rings. The molecular formula is C19H25NO3. The van der Waals surface area contributed by atoms with Gasteiger partial charge in [0.05, 0.1) is 6.42 Å². The first kappa shape index (κ1) is 16.0. The lowest BCUT2D eigenvalue weighted by Crippen LogP contribution is -2.38. The van der Waals surface area contributed by atoms with Crippen LogP contribution in [-0.4, -0.2) is 34.5 Å². The van der Waals surface area contributed by atoms with Crippen LogP contribution in [0.2, 0.25) is 0 Å². The summed E-state index contributed by atoms with van der Waals surface area (Å²) in [5, 5.41) is 8.99. The molecule has 0 aromatic heterocycles. The van der Waals surface area contributed by atoms with E-state index in [0.29, 0.717) is 18.4 Å². The van der Waals surface area contributed by atoms with Crippen molar-refractivity contribution in [3.05, 3.63) is 35.4 Å². The van der Waals surface area contributed by atoms with Crippen LogP contribution in [0.1, 0.15) is 62.5 Å². The third kappa shape index (κ3) is 3.41. The van der Waals surface area contributed by atoms with Crippen molar-refractivity contribution in [3.63, 3.8) is 0 Å². The normalized spacial score (nSPS) is 26.6. The number of likely N-dealkylation sites (tertiary alicyclic amines) is 1. The summed E-state index contributed by atoms with van der Waals surface area (Å²) >= 11 is 0. The van der Waals surface area contributed by atoms with Gasteiger partial charge in [-0.2, -0.15) is 0 Å². The predicted molar refractivity (Wildman–Crippen MR) is 88.4 cm³/mol. The Morgan fingerprint density at radius 2 is 1.96 bits per heavy atom. The number of carbonyl (C=O) groups excluding carboxylic acids is 1. The van der Waals surface area contributed by atoms with E-state index >= 15 is 0 Å². The van der Waals surface area contributed by atoms with Gasteiger partial charge in [-0.25, -0.2) is 0 Å². The topological polar surface area (TPSA) is 57.6 Å². The van der Waals surface area contributed by atoms with Gasteiger partial charge >= 0.3 is 5.97 Å². The van der Waals surface area contributed by atoms with E-state index in [1.54, 1.807) is 0 Å². The van der Waals surface area contributed by atoms with E-state index in [2.05, 4.69) is 38.1 Å². The first-order valence-corrected chi connectivity index (χ1v) is 8.59. The molecule has 1 N–H and O–H groups in total. The molecule has 4 heteroatoms. The predicted octanol–water partition coefficient (Wildman–Crippen LogP) is 3.38. The highest BCUT2D eigenvalue weighted by atomic mass is 16.4. The summed E-state index contributed by atoms with van der Waals surface area (Å²) in [5.74, 6) is 0.226. The maximum absolute atomic E-state index is 12.7. The van der Waals surface area contributed by atoms with E-state index in [0.717, 1.165) is 19.3 Å². The highest BCUT2D eigenvalue weighted by Gasteiger charge is 2.47. The zero-order valence-corrected chi connectivity index (χ0v) is 13.9. The van der Waals surface area contributed by atoms with Crippen molar-refractivity contribution in [2.45, 2.75) is 57.4 Å². The van der Waals surface area contributed by atoms with E-state index in [4.69, 9.17) is 5.11 Å². The fourth-order valence-electron chi connectivity index (χ4n) is 3.72. The van der Waals surface area contributed by atoms with Crippen LogP contribution in [0.4, 0.5) is 0 Å². The van der Waals surface area contributed by atoms with Crippen molar-refractivity contribution in [1.82, 2.24) is 4.90 Å². The molecule has 0 radical (unpaired) electrons. The van der Waals surface area contributed by atoms with Crippen molar-refractivity contribution in [2.75, 3.05) is 6.54 Å². The number of aliphatic carboxylic acids is 1. The number of carboxylic acids is 1. The van der Waals surface area contributed by atoms with Crippen LogP contribution in [0.3, 0.4) is 0 Å². The van der Waals surface area contributed by atoms with Crippen molar-refractivity contribution in [3.8, 4) is 0 Å². The Morgan fingerprint density at radius 3 is 2.57 bits per heavy atom. The lowest BCUT2D eigenvalue weighted by atomic mass is 10.00. The van der Waals surface area contributed by atoms with Crippen LogP contribution < -0.4 is 0 Å². The average Bonchev–Trinajstić information content (AvgIpc) is 3.19. The third-order valence-electron chi connectivity index (χ3n) is 5.21. The van der Waals surface area contributed by atoms with E-state index in [-0.39, 0.29) is 24.3 Å². The van der Waals surface area contributed by atoms with Gasteiger partial charge in [0.1, 0.15) is 0 Å². The molecule has 1 heterocycles.